The van der Waals surface area contributed by atoms with E-state index in [9.17, 15) is 0 Å². The van der Waals surface area contributed by atoms with Gasteiger partial charge in [-0.3, -0.25) is 0 Å². The Bertz CT molecular complexity index is 628. The molecule has 0 spiro atoms. The number of fused-ring (bicyclic) bond motifs is 1. The fourth-order valence-electron chi connectivity index (χ4n) is 3.72. The molecule has 0 saturated carbocycles. The number of anilines is 1. The molecule has 1 unspecified atom stereocenters. The Balaban J connectivity index is 2.00. The highest BCUT2D eigenvalue weighted by atomic mass is 14.9. The normalized spacial score (nSPS) is 17.2. The van der Waals surface area contributed by atoms with Crippen molar-refractivity contribution in [1.82, 2.24) is 0 Å². The van der Waals surface area contributed by atoms with Gasteiger partial charge in [0.1, 0.15) is 0 Å². The third-order valence-corrected chi connectivity index (χ3v) is 4.90. The molecule has 116 valence electrons. The van der Waals surface area contributed by atoms with Crippen molar-refractivity contribution < 1.29 is 0 Å². The van der Waals surface area contributed by atoms with Crippen LogP contribution >= 0.6 is 0 Å². The standard InChI is InChI=1S/C21H27N/c1-4-18-13-17(12-16-8-6-5-7-9-16)14-20-19(15(2)3)10-11-22-21(18)20/h5-9,13-15,19,22H,4,10-12H2,1-3H3. The van der Waals surface area contributed by atoms with Crippen molar-refractivity contribution in [3.63, 3.8) is 0 Å². The first-order valence-electron chi connectivity index (χ1n) is 8.62. The summed E-state index contributed by atoms with van der Waals surface area (Å²) in [5.74, 6) is 1.40. The molecule has 3 rings (SSSR count). The van der Waals surface area contributed by atoms with E-state index in [0.717, 1.165) is 19.4 Å². The molecule has 2 aromatic carbocycles. The van der Waals surface area contributed by atoms with E-state index in [1.54, 1.807) is 5.56 Å². The number of nitrogens with one attached hydrogen (secondary N) is 1. The quantitative estimate of drug-likeness (QED) is 0.796. The van der Waals surface area contributed by atoms with Gasteiger partial charge in [0.15, 0.2) is 0 Å². The van der Waals surface area contributed by atoms with Crippen LogP contribution in [-0.4, -0.2) is 6.54 Å². The smallest absolute Gasteiger partial charge is 0.0408 e. The van der Waals surface area contributed by atoms with Gasteiger partial charge in [-0.2, -0.15) is 0 Å². The lowest BCUT2D eigenvalue weighted by atomic mass is 9.80. The summed E-state index contributed by atoms with van der Waals surface area (Å²) in [6.07, 6.45) is 3.39. The minimum Gasteiger partial charge on any atom is -0.385 e. The van der Waals surface area contributed by atoms with E-state index >= 15 is 0 Å². The Labute approximate surface area is 134 Å². The van der Waals surface area contributed by atoms with E-state index in [4.69, 9.17) is 0 Å². The predicted molar refractivity (Wildman–Crippen MR) is 95.8 cm³/mol. The molecule has 0 amide bonds. The fraction of sp³-hybridized carbons (Fsp3) is 0.429. The topological polar surface area (TPSA) is 12.0 Å². The first-order chi connectivity index (χ1) is 10.7. The molecule has 1 nitrogen and oxygen atoms in total. The van der Waals surface area contributed by atoms with E-state index in [0.29, 0.717) is 11.8 Å². The lowest BCUT2D eigenvalue weighted by molar-refractivity contribution is 0.468. The maximum atomic E-state index is 3.66. The van der Waals surface area contributed by atoms with Gasteiger partial charge in [-0.25, -0.2) is 0 Å². The van der Waals surface area contributed by atoms with Crippen molar-refractivity contribution in [2.75, 3.05) is 11.9 Å². The minimum absolute atomic E-state index is 0.692. The Morgan fingerprint density at radius 2 is 1.86 bits per heavy atom. The summed E-state index contributed by atoms with van der Waals surface area (Å²) in [5, 5.41) is 3.66. The Morgan fingerprint density at radius 3 is 2.55 bits per heavy atom. The van der Waals surface area contributed by atoms with Crippen molar-refractivity contribution in [2.24, 2.45) is 5.92 Å². The molecule has 2 aromatic rings. The van der Waals surface area contributed by atoms with Crippen LogP contribution in [0.2, 0.25) is 0 Å². The second-order valence-corrected chi connectivity index (χ2v) is 6.80. The number of hydrogen-bond acceptors (Lipinski definition) is 1. The maximum absolute atomic E-state index is 3.66. The summed E-state index contributed by atoms with van der Waals surface area (Å²) in [5.41, 5.74) is 7.30. The third-order valence-electron chi connectivity index (χ3n) is 4.90. The first-order valence-corrected chi connectivity index (χ1v) is 8.62. The molecular weight excluding hydrogens is 266 g/mol. The first kappa shape index (κ1) is 15.1. The van der Waals surface area contributed by atoms with Crippen LogP contribution in [0.5, 0.6) is 0 Å². The summed E-state index contributed by atoms with van der Waals surface area (Å²) in [6, 6.07) is 15.7. The van der Waals surface area contributed by atoms with Gasteiger partial charge >= 0.3 is 0 Å². The highest BCUT2D eigenvalue weighted by molar-refractivity contribution is 5.62. The summed E-state index contributed by atoms with van der Waals surface area (Å²) in [4.78, 5) is 0. The van der Waals surface area contributed by atoms with Crippen molar-refractivity contribution >= 4 is 5.69 Å². The largest absolute Gasteiger partial charge is 0.385 e. The van der Waals surface area contributed by atoms with Crippen LogP contribution in [0.4, 0.5) is 5.69 Å². The van der Waals surface area contributed by atoms with Crippen LogP contribution in [0.25, 0.3) is 0 Å². The number of aryl methyl sites for hydroxylation is 1. The number of rotatable bonds is 4. The Kier molecular flexibility index (Phi) is 4.52. The van der Waals surface area contributed by atoms with E-state index in [2.05, 4.69) is 68.6 Å². The number of benzene rings is 2. The zero-order chi connectivity index (χ0) is 15.5. The molecule has 0 aromatic heterocycles. The fourth-order valence-corrected chi connectivity index (χ4v) is 3.72. The molecule has 0 saturated heterocycles. The van der Waals surface area contributed by atoms with Gasteiger partial charge in [0, 0.05) is 12.2 Å². The van der Waals surface area contributed by atoms with Crippen molar-refractivity contribution in [3.05, 3.63) is 64.7 Å². The lowest BCUT2D eigenvalue weighted by Gasteiger charge is -2.32. The molecule has 0 aliphatic carbocycles. The molecule has 0 radical (unpaired) electrons. The lowest BCUT2D eigenvalue weighted by Crippen LogP contribution is -2.22. The molecule has 1 atom stereocenters. The van der Waals surface area contributed by atoms with Gasteiger partial charge in [0.2, 0.25) is 0 Å². The molecule has 1 aliphatic rings. The average molecular weight is 293 g/mol. The highest BCUT2D eigenvalue weighted by Crippen LogP contribution is 2.39. The molecule has 1 heterocycles. The monoisotopic (exact) mass is 293 g/mol. The number of hydrogen-bond donors (Lipinski definition) is 1. The third kappa shape index (κ3) is 3.04. The van der Waals surface area contributed by atoms with Crippen LogP contribution in [0, 0.1) is 5.92 Å². The van der Waals surface area contributed by atoms with Crippen molar-refractivity contribution in [3.8, 4) is 0 Å². The van der Waals surface area contributed by atoms with Crippen LogP contribution in [-0.2, 0) is 12.8 Å². The maximum Gasteiger partial charge on any atom is 0.0408 e. The summed E-state index contributed by atoms with van der Waals surface area (Å²) < 4.78 is 0. The molecular formula is C21H27N. The van der Waals surface area contributed by atoms with Crippen LogP contribution in [0.1, 0.15) is 55.4 Å². The molecule has 0 bridgehead atoms. The second kappa shape index (κ2) is 6.56. The van der Waals surface area contributed by atoms with Crippen molar-refractivity contribution in [1.29, 1.82) is 0 Å². The van der Waals surface area contributed by atoms with Gasteiger partial charge in [0.05, 0.1) is 0 Å². The zero-order valence-corrected chi connectivity index (χ0v) is 14.0. The van der Waals surface area contributed by atoms with Gasteiger partial charge in [-0.15, -0.1) is 0 Å². The molecule has 1 N–H and O–H groups in total. The van der Waals surface area contributed by atoms with Crippen LogP contribution in [0.15, 0.2) is 42.5 Å². The molecule has 0 fully saturated rings. The van der Waals surface area contributed by atoms with E-state index in [-0.39, 0.29) is 0 Å². The van der Waals surface area contributed by atoms with Gasteiger partial charge in [-0.05, 0) is 53.4 Å². The van der Waals surface area contributed by atoms with E-state index in [1.807, 2.05) is 0 Å². The molecule has 22 heavy (non-hydrogen) atoms. The summed E-state index contributed by atoms with van der Waals surface area (Å²) in [6.45, 7) is 8.09. The van der Waals surface area contributed by atoms with Crippen LogP contribution < -0.4 is 5.32 Å². The van der Waals surface area contributed by atoms with Gasteiger partial charge in [-0.1, -0.05) is 63.2 Å². The van der Waals surface area contributed by atoms with Gasteiger partial charge in [0.25, 0.3) is 0 Å². The van der Waals surface area contributed by atoms with Crippen LogP contribution in [0.3, 0.4) is 0 Å². The van der Waals surface area contributed by atoms with E-state index in [1.165, 1.54) is 28.8 Å². The average Bonchev–Trinajstić information content (AvgIpc) is 2.54. The Morgan fingerprint density at radius 1 is 1.09 bits per heavy atom. The highest BCUT2D eigenvalue weighted by Gasteiger charge is 2.24. The summed E-state index contributed by atoms with van der Waals surface area (Å²) in [7, 11) is 0. The van der Waals surface area contributed by atoms with Crippen molar-refractivity contribution in [2.45, 2.75) is 46.0 Å². The summed E-state index contributed by atoms with van der Waals surface area (Å²) >= 11 is 0. The van der Waals surface area contributed by atoms with Gasteiger partial charge < -0.3 is 5.32 Å². The predicted octanol–water partition coefficient (Wildman–Crippen LogP) is 5.40. The Hall–Kier alpha value is -1.76. The second-order valence-electron chi connectivity index (χ2n) is 6.80. The SMILES string of the molecule is CCc1cc(Cc2ccccc2)cc2c1NCCC2C(C)C. The zero-order valence-electron chi connectivity index (χ0n) is 14.0. The minimum atomic E-state index is 0.692. The van der Waals surface area contributed by atoms with E-state index < -0.39 is 0 Å². The molecule has 1 aliphatic heterocycles. The molecule has 1 heteroatoms.